The van der Waals surface area contributed by atoms with E-state index < -0.39 is 0 Å². The van der Waals surface area contributed by atoms with Gasteiger partial charge in [-0.15, -0.1) is 0 Å². The number of anilines is 1. The van der Waals surface area contributed by atoms with Gasteiger partial charge in [-0.25, -0.2) is 4.39 Å². The molecule has 2 aromatic carbocycles. The van der Waals surface area contributed by atoms with Crippen molar-refractivity contribution in [2.24, 2.45) is 5.73 Å². The maximum Gasteiger partial charge on any atom is 0.255 e. The van der Waals surface area contributed by atoms with E-state index in [2.05, 4.69) is 5.32 Å². The third kappa shape index (κ3) is 3.17. The van der Waals surface area contributed by atoms with Crippen LogP contribution in [0.4, 0.5) is 10.1 Å². The molecule has 0 aliphatic carbocycles. The van der Waals surface area contributed by atoms with Gasteiger partial charge in [0.2, 0.25) is 0 Å². The Morgan fingerprint density at radius 3 is 2.74 bits per heavy atom. The Balaban J connectivity index is 2.20. The van der Waals surface area contributed by atoms with Crippen molar-refractivity contribution in [1.29, 1.82) is 0 Å². The van der Waals surface area contributed by atoms with Crippen molar-refractivity contribution < 1.29 is 9.18 Å². The SMILES string of the molecule is Cc1cc(F)ccc1NC(=O)c1cccc(CN)c1. The van der Waals surface area contributed by atoms with Crippen LogP contribution >= 0.6 is 0 Å². The molecular formula is C15H15FN2O. The van der Waals surface area contributed by atoms with Gasteiger partial charge in [0.25, 0.3) is 5.91 Å². The minimum Gasteiger partial charge on any atom is -0.326 e. The summed E-state index contributed by atoms with van der Waals surface area (Å²) >= 11 is 0. The molecule has 98 valence electrons. The molecule has 0 aliphatic heterocycles. The van der Waals surface area contributed by atoms with Crippen LogP contribution in [0.25, 0.3) is 0 Å². The highest BCUT2D eigenvalue weighted by molar-refractivity contribution is 6.04. The van der Waals surface area contributed by atoms with Crippen LogP contribution in [-0.2, 0) is 6.54 Å². The number of aryl methyl sites for hydroxylation is 1. The predicted octanol–water partition coefficient (Wildman–Crippen LogP) is 2.85. The Hall–Kier alpha value is -2.20. The quantitative estimate of drug-likeness (QED) is 0.889. The van der Waals surface area contributed by atoms with E-state index >= 15 is 0 Å². The summed E-state index contributed by atoms with van der Waals surface area (Å²) in [7, 11) is 0. The number of rotatable bonds is 3. The van der Waals surface area contributed by atoms with Crippen LogP contribution in [0.15, 0.2) is 42.5 Å². The average molecular weight is 258 g/mol. The molecule has 0 aliphatic rings. The lowest BCUT2D eigenvalue weighted by Gasteiger charge is -2.09. The first-order valence-corrected chi connectivity index (χ1v) is 5.96. The Kier molecular flexibility index (Phi) is 3.92. The molecular weight excluding hydrogens is 243 g/mol. The maximum atomic E-state index is 13.0. The van der Waals surface area contributed by atoms with Gasteiger partial charge in [-0.1, -0.05) is 12.1 Å². The van der Waals surface area contributed by atoms with E-state index in [0.717, 1.165) is 5.56 Å². The number of halogens is 1. The highest BCUT2D eigenvalue weighted by atomic mass is 19.1. The van der Waals surface area contributed by atoms with E-state index in [-0.39, 0.29) is 11.7 Å². The second kappa shape index (κ2) is 5.63. The van der Waals surface area contributed by atoms with E-state index in [4.69, 9.17) is 5.73 Å². The molecule has 0 bridgehead atoms. The summed E-state index contributed by atoms with van der Waals surface area (Å²) in [4.78, 5) is 12.1. The Labute approximate surface area is 111 Å². The van der Waals surface area contributed by atoms with Crippen molar-refractivity contribution in [2.75, 3.05) is 5.32 Å². The van der Waals surface area contributed by atoms with Crippen molar-refractivity contribution in [3.8, 4) is 0 Å². The number of hydrogen-bond acceptors (Lipinski definition) is 2. The first kappa shape index (κ1) is 13.2. The number of nitrogens with two attached hydrogens (primary N) is 1. The van der Waals surface area contributed by atoms with Gasteiger partial charge >= 0.3 is 0 Å². The van der Waals surface area contributed by atoms with Crippen LogP contribution in [0.3, 0.4) is 0 Å². The molecule has 0 radical (unpaired) electrons. The number of hydrogen-bond donors (Lipinski definition) is 2. The summed E-state index contributed by atoms with van der Waals surface area (Å²) in [6.07, 6.45) is 0. The molecule has 0 saturated heterocycles. The number of benzene rings is 2. The summed E-state index contributed by atoms with van der Waals surface area (Å²) in [5.41, 5.74) is 8.25. The molecule has 2 aromatic rings. The summed E-state index contributed by atoms with van der Waals surface area (Å²) < 4.78 is 13.0. The predicted molar refractivity (Wildman–Crippen MR) is 73.4 cm³/mol. The summed E-state index contributed by atoms with van der Waals surface area (Å²) in [5, 5.41) is 2.76. The van der Waals surface area contributed by atoms with Crippen LogP contribution in [0.2, 0.25) is 0 Å². The zero-order valence-electron chi connectivity index (χ0n) is 10.6. The third-order valence-electron chi connectivity index (χ3n) is 2.86. The molecule has 0 unspecified atom stereocenters. The molecule has 0 aromatic heterocycles. The van der Waals surface area contributed by atoms with Crippen LogP contribution in [0, 0.1) is 12.7 Å². The molecule has 3 nitrogen and oxygen atoms in total. The number of nitrogens with one attached hydrogen (secondary N) is 1. The highest BCUT2D eigenvalue weighted by Crippen LogP contribution is 2.17. The molecule has 0 saturated carbocycles. The van der Waals surface area contributed by atoms with Gasteiger partial charge in [0, 0.05) is 17.8 Å². The van der Waals surface area contributed by atoms with Gasteiger partial charge in [-0.2, -0.15) is 0 Å². The van der Waals surface area contributed by atoms with Gasteiger partial charge in [0.1, 0.15) is 5.82 Å². The smallest absolute Gasteiger partial charge is 0.255 e. The number of amides is 1. The first-order valence-electron chi connectivity index (χ1n) is 5.96. The molecule has 0 fully saturated rings. The lowest BCUT2D eigenvalue weighted by Crippen LogP contribution is -2.13. The van der Waals surface area contributed by atoms with Crippen molar-refractivity contribution >= 4 is 11.6 Å². The van der Waals surface area contributed by atoms with Crippen molar-refractivity contribution in [3.63, 3.8) is 0 Å². The lowest BCUT2D eigenvalue weighted by molar-refractivity contribution is 0.102. The van der Waals surface area contributed by atoms with E-state index in [1.54, 1.807) is 31.2 Å². The first-order chi connectivity index (χ1) is 9.10. The Morgan fingerprint density at radius 1 is 1.26 bits per heavy atom. The summed E-state index contributed by atoms with van der Waals surface area (Å²) in [6, 6.07) is 11.4. The zero-order valence-corrected chi connectivity index (χ0v) is 10.6. The minimum atomic E-state index is -0.319. The normalized spacial score (nSPS) is 10.3. The van der Waals surface area contributed by atoms with E-state index in [1.807, 2.05) is 6.07 Å². The molecule has 0 atom stereocenters. The van der Waals surface area contributed by atoms with Crippen molar-refractivity contribution in [1.82, 2.24) is 0 Å². The molecule has 2 rings (SSSR count). The topological polar surface area (TPSA) is 55.1 Å². The Bertz CT molecular complexity index is 611. The summed E-state index contributed by atoms with van der Waals surface area (Å²) in [6.45, 7) is 2.13. The van der Waals surface area contributed by atoms with Crippen molar-refractivity contribution in [2.45, 2.75) is 13.5 Å². The van der Waals surface area contributed by atoms with Crippen LogP contribution < -0.4 is 11.1 Å². The standard InChI is InChI=1S/C15H15FN2O/c1-10-7-13(16)5-6-14(10)18-15(19)12-4-2-3-11(8-12)9-17/h2-8H,9,17H2,1H3,(H,18,19). The molecule has 3 N–H and O–H groups in total. The fourth-order valence-corrected chi connectivity index (χ4v) is 1.80. The maximum absolute atomic E-state index is 13.0. The van der Waals surface area contributed by atoms with Gasteiger partial charge in [0.05, 0.1) is 0 Å². The minimum absolute atomic E-state index is 0.231. The molecule has 1 amide bonds. The monoisotopic (exact) mass is 258 g/mol. The van der Waals surface area contributed by atoms with Crippen LogP contribution in [0.1, 0.15) is 21.5 Å². The van der Waals surface area contributed by atoms with Crippen LogP contribution in [-0.4, -0.2) is 5.91 Å². The zero-order chi connectivity index (χ0) is 13.8. The molecule has 4 heteroatoms. The largest absolute Gasteiger partial charge is 0.326 e. The van der Waals surface area contributed by atoms with E-state index in [0.29, 0.717) is 23.4 Å². The third-order valence-corrected chi connectivity index (χ3v) is 2.86. The Morgan fingerprint density at radius 2 is 2.05 bits per heavy atom. The summed E-state index contributed by atoms with van der Waals surface area (Å²) in [5.74, 6) is -0.550. The molecule has 0 spiro atoms. The van der Waals surface area contributed by atoms with Crippen LogP contribution in [0.5, 0.6) is 0 Å². The van der Waals surface area contributed by atoms with Crippen molar-refractivity contribution in [3.05, 3.63) is 65.0 Å². The van der Waals surface area contributed by atoms with E-state index in [9.17, 15) is 9.18 Å². The number of carbonyl (C=O) groups is 1. The lowest BCUT2D eigenvalue weighted by atomic mass is 10.1. The molecule has 19 heavy (non-hydrogen) atoms. The van der Waals surface area contributed by atoms with Gasteiger partial charge < -0.3 is 11.1 Å². The fourth-order valence-electron chi connectivity index (χ4n) is 1.80. The second-order valence-electron chi connectivity index (χ2n) is 4.32. The number of carbonyl (C=O) groups excluding carboxylic acids is 1. The van der Waals surface area contributed by atoms with Gasteiger partial charge in [-0.05, 0) is 48.4 Å². The highest BCUT2D eigenvalue weighted by Gasteiger charge is 2.08. The van der Waals surface area contributed by atoms with Gasteiger partial charge in [0.15, 0.2) is 0 Å². The average Bonchev–Trinajstić information content (AvgIpc) is 2.42. The molecule has 0 heterocycles. The van der Waals surface area contributed by atoms with E-state index in [1.165, 1.54) is 12.1 Å². The van der Waals surface area contributed by atoms with Gasteiger partial charge in [-0.3, -0.25) is 4.79 Å². The second-order valence-corrected chi connectivity index (χ2v) is 4.32. The fraction of sp³-hybridized carbons (Fsp3) is 0.133.